The first-order valence-electron chi connectivity index (χ1n) is 11.7. The second kappa shape index (κ2) is 11.8. The number of methoxy groups -OCH3 is 1. The predicted molar refractivity (Wildman–Crippen MR) is 138 cm³/mol. The van der Waals surface area contributed by atoms with E-state index in [4.69, 9.17) is 21.1 Å². The van der Waals surface area contributed by atoms with Crippen LogP contribution in [0.25, 0.3) is 0 Å². The zero-order valence-corrected chi connectivity index (χ0v) is 20.9. The lowest BCUT2D eigenvalue weighted by molar-refractivity contribution is -0.121. The molecule has 0 aliphatic carbocycles. The number of anilines is 1. The second-order valence-corrected chi connectivity index (χ2v) is 8.84. The summed E-state index contributed by atoms with van der Waals surface area (Å²) in [5.74, 6) is -1.38. The summed E-state index contributed by atoms with van der Waals surface area (Å²) in [5, 5.41) is 3.80. The molecule has 8 nitrogen and oxygen atoms in total. The molecule has 4 rings (SSSR count). The second-order valence-electron chi connectivity index (χ2n) is 8.40. The van der Waals surface area contributed by atoms with Crippen LogP contribution in [0.4, 0.5) is 5.69 Å². The number of carbonyl (C=O) groups is 4. The lowest BCUT2D eigenvalue weighted by atomic mass is 10.1. The van der Waals surface area contributed by atoms with Crippen LogP contribution in [-0.2, 0) is 20.7 Å². The van der Waals surface area contributed by atoms with Gasteiger partial charge in [0.15, 0.2) is 6.61 Å². The SMILES string of the molecule is COc1ccccc1C(=O)COC(=O)c1ccc(N2C(=O)CC(NCCc3ccc(Cl)cc3)C2=O)cc1. The number of imide groups is 1. The first-order valence-corrected chi connectivity index (χ1v) is 12.0. The van der Waals surface area contributed by atoms with Gasteiger partial charge in [-0.3, -0.25) is 14.4 Å². The van der Waals surface area contributed by atoms with Crippen molar-refractivity contribution in [2.24, 2.45) is 0 Å². The third-order valence-corrected chi connectivity index (χ3v) is 6.22. The van der Waals surface area contributed by atoms with Crippen LogP contribution in [0, 0.1) is 0 Å². The summed E-state index contributed by atoms with van der Waals surface area (Å²) < 4.78 is 10.3. The van der Waals surface area contributed by atoms with Gasteiger partial charge >= 0.3 is 5.97 Å². The number of Topliss-reactive ketones (excluding diaryl/α,β-unsaturated/α-hetero) is 1. The summed E-state index contributed by atoms with van der Waals surface area (Å²) in [6.45, 7) is 0.0743. The highest BCUT2D eigenvalue weighted by Gasteiger charge is 2.39. The molecule has 0 aromatic heterocycles. The van der Waals surface area contributed by atoms with Crippen molar-refractivity contribution in [2.75, 3.05) is 25.2 Å². The Morgan fingerprint density at radius 2 is 1.70 bits per heavy atom. The number of nitrogens with one attached hydrogen (secondary N) is 1. The Morgan fingerprint density at radius 1 is 1.00 bits per heavy atom. The zero-order valence-electron chi connectivity index (χ0n) is 20.1. The Labute approximate surface area is 219 Å². The summed E-state index contributed by atoms with van der Waals surface area (Å²) in [5.41, 5.74) is 1.93. The maximum absolute atomic E-state index is 12.9. The highest BCUT2D eigenvalue weighted by Crippen LogP contribution is 2.24. The maximum Gasteiger partial charge on any atom is 0.338 e. The van der Waals surface area contributed by atoms with Gasteiger partial charge in [-0.15, -0.1) is 0 Å². The quantitative estimate of drug-likeness (QED) is 0.246. The zero-order chi connectivity index (χ0) is 26.4. The average Bonchev–Trinajstić information content (AvgIpc) is 3.20. The van der Waals surface area contributed by atoms with Crippen LogP contribution >= 0.6 is 11.6 Å². The Morgan fingerprint density at radius 3 is 2.41 bits per heavy atom. The number of nitrogens with zero attached hydrogens (tertiary/aromatic N) is 1. The van der Waals surface area contributed by atoms with Gasteiger partial charge in [-0.25, -0.2) is 9.69 Å². The molecule has 1 unspecified atom stereocenters. The van der Waals surface area contributed by atoms with E-state index in [1.807, 2.05) is 12.1 Å². The third kappa shape index (κ3) is 6.22. The molecule has 1 fully saturated rings. The molecule has 0 spiro atoms. The number of para-hydroxylation sites is 1. The molecule has 190 valence electrons. The summed E-state index contributed by atoms with van der Waals surface area (Å²) >= 11 is 5.90. The largest absolute Gasteiger partial charge is 0.496 e. The van der Waals surface area contributed by atoms with E-state index in [0.717, 1.165) is 10.5 Å². The van der Waals surface area contributed by atoms with Crippen molar-refractivity contribution in [3.8, 4) is 5.75 Å². The first kappa shape index (κ1) is 26.1. The predicted octanol–water partition coefficient (Wildman–Crippen LogP) is 3.85. The summed E-state index contributed by atoms with van der Waals surface area (Å²) in [6.07, 6.45) is 0.736. The normalized spacial score (nSPS) is 15.1. The molecule has 1 N–H and O–H groups in total. The summed E-state index contributed by atoms with van der Waals surface area (Å²) in [4.78, 5) is 51.4. The number of amides is 2. The molecule has 37 heavy (non-hydrogen) atoms. The lowest BCUT2D eigenvalue weighted by Gasteiger charge is -2.16. The molecule has 2 amide bonds. The minimum absolute atomic E-state index is 0.0499. The van der Waals surface area contributed by atoms with E-state index < -0.39 is 24.4 Å². The van der Waals surface area contributed by atoms with Gasteiger partial charge in [0.1, 0.15) is 5.75 Å². The number of halogens is 1. The van der Waals surface area contributed by atoms with Crippen LogP contribution in [0.5, 0.6) is 5.75 Å². The Kier molecular flexibility index (Phi) is 8.32. The number of benzene rings is 3. The van der Waals surface area contributed by atoms with Crippen molar-refractivity contribution < 1.29 is 28.7 Å². The molecule has 1 aliphatic rings. The van der Waals surface area contributed by atoms with Crippen LogP contribution in [0.2, 0.25) is 5.02 Å². The van der Waals surface area contributed by atoms with E-state index in [-0.39, 0.29) is 23.8 Å². The van der Waals surface area contributed by atoms with E-state index in [2.05, 4.69) is 5.32 Å². The van der Waals surface area contributed by atoms with E-state index in [0.29, 0.717) is 35.0 Å². The van der Waals surface area contributed by atoms with Gasteiger partial charge in [-0.2, -0.15) is 0 Å². The number of hydrogen-bond acceptors (Lipinski definition) is 7. The fraction of sp³-hybridized carbons (Fsp3) is 0.214. The van der Waals surface area contributed by atoms with Gasteiger partial charge < -0.3 is 14.8 Å². The monoisotopic (exact) mass is 520 g/mol. The average molecular weight is 521 g/mol. The van der Waals surface area contributed by atoms with Crippen molar-refractivity contribution in [3.63, 3.8) is 0 Å². The van der Waals surface area contributed by atoms with E-state index in [1.54, 1.807) is 36.4 Å². The molecule has 0 radical (unpaired) electrons. The molecule has 3 aromatic rings. The maximum atomic E-state index is 12.9. The molecular formula is C28H25ClN2O6. The van der Waals surface area contributed by atoms with Crippen molar-refractivity contribution in [2.45, 2.75) is 18.9 Å². The highest BCUT2D eigenvalue weighted by atomic mass is 35.5. The van der Waals surface area contributed by atoms with Crippen LogP contribution in [-0.4, -0.2) is 49.9 Å². The van der Waals surface area contributed by atoms with Gasteiger partial charge in [0, 0.05) is 5.02 Å². The molecule has 0 saturated carbocycles. The van der Waals surface area contributed by atoms with Crippen molar-refractivity contribution in [3.05, 3.63) is 94.5 Å². The van der Waals surface area contributed by atoms with Crippen LogP contribution in [0.1, 0.15) is 32.7 Å². The Balaban J connectivity index is 1.31. The number of hydrogen-bond donors (Lipinski definition) is 1. The van der Waals surface area contributed by atoms with Crippen LogP contribution < -0.4 is 15.0 Å². The smallest absolute Gasteiger partial charge is 0.338 e. The fourth-order valence-electron chi connectivity index (χ4n) is 4.02. The van der Waals surface area contributed by atoms with Crippen molar-refractivity contribution in [1.82, 2.24) is 5.32 Å². The number of carbonyl (C=O) groups excluding carboxylic acids is 4. The lowest BCUT2D eigenvalue weighted by Crippen LogP contribution is -2.39. The number of esters is 1. The van der Waals surface area contributed by atoms with Gasteiger partial charge in [0.2, 0.25) is 11.7 Å². The van der Waals surface area contributed by atoms with Gasteiger partial charge in [-0.1, -0.05) is 35.9 Å². The molecule has 1 atom stereocenters. The number of ketones is 1. The summed E-state index contributed by atoms with van der Waals surface area (Å²) in [7, 11) is 1.45. The minimum atomic E-state index is -0.699. The molecule has 3 aromatic carbocycles. The molecule has 1 saturated heterocycles. The molecular weight excluding hydrogens is 496 g/mol. The highest BCUT2D eigenvalue weighted by molar-refractivity contribution is 6.30. The molecule has 9 heteroatoms. The summed E-state index contributed by atoms with van der Waals surface area (Å²) in [6, 6.07) is 19.4. The van der Waals surface area contributed by atoms with Gasteiger partial charge in [0.25, 0.3) is 5.91 Å². The van der Waals surface area contributed by atoms with Crippen LogP contribution in [0.3, 0.4) is 0 Å². The fourth-order valence-corrected chi connectivity index (χ4v) is 4.14. The first-order chi connectivity index (χ1) is 17.9. The standard InChI is InChI=1S/C28H25ClN2O6/c1-36-25-5-3-2-4-22(25)24(32)17-37-28(35)19-8-12-21(13-9-19)31-26(33)16-23(27(31)34)30-15-14-18-6-10-20(29)11-7-18/h2-13,23,30H,14-17H2,1H3. The molecule has 1 aliphatic heterocycles. The van der Waals surface area contributed by atoms with Gasteiger partial charge in [0.05, 0.1) is 36.4 Å². The Hall–Kier alpha value is -4.01. The van der Waals surface area contributed by atoms with Gasteiger partial charge in [-0.05, 0) is 67.1 Å². The van der Waals surface area contributed by atoms with E-state index >= 15 is 0 Å². The number of rotatable bonds is 10. The Bertz CT molecular complexity index is 1310. The van der Waals surface area contributed by atoms with E-state index in [9.17, 15) is 19.2 Å². The topological polar surface area (TPSA) is 102 Å². The third-order valence-electron chi connectivity index (χ3n) is 5.97. The number of ether oxygens (including phenoxy) is 2. The van der Waals surface area contributed by atoms with Crippen LogP contribution in [0.15, 0.2) is 72.8 Å². The van der Waals surface area contributed by atoms with Crippen molar-refractivity contribution >= 4 is 40.9 Å². The van der Waals surface area contributed by atoms with Crippen molar-refractivity contribution in [1.29, 1.82) is 0 Å². The molecule has 0 bridgehead atoms. The molecule has 1 heterocycles. The van der Waals surface area contributed by atoms with E-state index in [1.165, 1.54) is 31.4 Å². The minimum Gasteiger partial charge on any atom is -0.496 e.